The molecule has 2 rings (SSSR count). The van der Waals surface area contributed by atoms with Crippen molar-refractivity contribution in [2.24, 2.45) is 0 Å². The van der Waals surface area contributed by atoms with Crippen LogP contribution in [0.15, 0.2) is 53.4 Å². The number of halogens is 1. The molecule has 0 radical (unpaired) electrons. The summed E-state index contributed by atoms with van der Waals surface area (Å²) in [6, 6.07) is 12.8. The molecular formula is C14H13FN2OS. The van der Waals surface area contributed by atoms with Gasteiger partial charge in [-0.25, -0.2) is 9.18 Å². The molecule has 0 aliphatic carbocycles. The largest absolute Gasteiger partial charge is 0.323 e. The van der Waals surface area contributed by atoms with E-state index in [2.05, 4.69) is 10.6 Å². The molecule has 2 N–H and O–H groups in total. The zero-order valence-electron chi connectivity index (χ0n) is 10.3. The molecular weight excluding hydrogens is 263 g/mol. The number of nitrogens with one attached hydrogen (secondary N) is 2. The minimum atomic E-state index is -0.399. The summed E-state index contributed by atoms with van der Waals surface area (Å²) >= 11 is 1.59. The Bertz CT molecular complexity index is 589. The van der Waals surface area contributed by atoms with Crippen LogP contribution in [0, 0.1) is 5.82 Å². The monoisotopic (exact) mass is 276 g/mol. The van der Waals surface area contributed by atoms with Gasteiger partial charge in [0.2, 0.25) is 0 Å². The highest BCUT2D eigenvalue weighted by atomic mass is 32.2. The lowest BCUT2D eigenvalue weighted by Crippen LogP contribution is -2.19. The van der Waals surface area contributed by atoms with Crippen LogP contribution in [0.2, 0.25) is 0 Å². The average Bonchev–Trinajstić information content (AvgIpc) is 2.38. The fourth-order valence-electron chi connectivity index (χ4n) is 1.56. The molecule has 0 heterocycles. The summed E-state index contributed by atoms with van der Waals surface area (Å²) < 4.78 is 13.0. The molecule has 5 heteroatoms. The summed E-state index contributed by atoms with van der Waals surface area (Å²) in [5, 5.41) is 5.27. The van der Waals surface area contributed by atoms with Crippen LogP contribution < -0.4 is 10.6 Å². The molecule has 2 amide bonds. The molecule has 0 aromatic heterocycles. The molecule has 3 nitrogen and oxygen atoms in total. The van der Waals surface area contributed by atoms with Crippen molar-refractivity contribution in [1.29, 1.82) is 0 Å². The van der Waals surface area contributed by atoms with Crippen molar-refractivity contribution in [3.05, 3.63) is 54.3 Å². The molecule has 0 saturated carbocycles. The molecule has 19 heavy (non-hydrogen) atoms. The quantitative estimate of drug-likeness (QED) is 0.825. The lowest BCUT2D eigenvalue weighted by atomic mass is 10.3. The Hall–Kier alpha value is -2.01. The number of rotatable bonds is 3. The van der Waals surface area contributed by atoms with E-state index in [4.69, 9.17) is 0 Å². The molecule has 0 bridgehead atoms. The minimum Gasteiger partial charge on any atom is -0.308 e. The summed E-state index contributed by atoms with van der Waals surface area (Å²) in [6.07, 6.45) is 1.96. The van der Waals surface area contributed by atoms with Crippen LogP contribution in [-0.4, -0.2) is 12.3 Å². The second-order valence-electron chi connectivity index (χ2n) is 3.82. The maximum atomic E-state index is 13.0. The SMILES string of the molecule is CSc1cccc(NC(=O)Nc2cccc(F)c2)c1. The van der Waals surface area contributed by atoms with Crippen molar-refractivity contribution in [3.8, 4) is 0 Å². The van der Waals surface area contributed by atoms with E-state index in [1.54, 1.807) is 30.0 Å². The van der Waals surface area contributed by atoms with Crippen LogP contribution >= 0.6 is 11.8 Å². The summed E-state index contributed by atoms with van der Waals surface area (Å²) in [6.45, 7) is 0. The van der Waals surface area contributed by atoms with Crippen molar-refractivity contribution in [1.82, 2.24) is 0 Å². The smallest absolute Gasteiger partial charge is 0.308 e. The van der Waals surface area contributed by atoms with Crippen molar-refractivity contribution >= 4 is 29.2 Å². The fourth-order valence-corrected chi connectivity index (χ4v) is 2.02. The zero-order chi connectivity index (χ0) is 13.7. The number of carbonyl (C=O) groups is 1. The maximum Gasteiger partial charge on any atom is 0.323 e. The van der Waals surface area contributed by atoms with Gasteiger partial charge in [0.15, 0.2) is 0 Å². The van der Waals surface area contributed by atoms with Crippen LogP contribution in [-0.2, 0) is 0 Å². The Kier molecular flexibility index (Phi) is 4.41. The van der Waals surface area contributed by atoms with E-state index in [0.717, 1.165) is 4.90 Å². The molecule has 0 atom stereocenters. The number of anilines is 2. The fraction of sp³-hybridized carbons (Fsp3) is 0.0714. The number of carbonyl (C=O) groups excluding carboxylic acids is 1. The van der Waals surface area contributed by atoms with Crippen molar-refractivity contribution in [2.45, 2.75) is 4.90 Å². The van der Waals surface area contributed by atoms with Gasteiger partial charge in [0.25, 0.3) is 0 Å². The van der Waals surface area contributed by atoms with E-state index < -0.39 is 6.03 Å². The van der Waals surface area contributed by atoms with Gasteiger partial charge in [-0.05, 0) is 42.7 Å². The van der Waals surface area contributed by atoms with Gasteiger partial charge < -0.3 is 10.6 Å². The second-order valence-corrected chi connectivity index (χ2v) is 4.70. The van der Waals surface area contributed by atoms with Crippen LogP contribution in [0.25, 0.3) is 0 Å². The highest BCUT2D eigenvalue weighted by Crippen LogP contribution is 2.19. The van der Waals surface area contributed by atoms with Gasteiger partial charge in [0.05, 0.1) is 0 Å². The average molecular weight is 276 g/mol. The van der Waals surface area contributed by atoms with Crippen LogP contribution in [0.1, 0.15) is 0 Å². The molecule has 0 aliphatic heterocycles. The molecule has 2 aromatic carbocycles. The molecule has 0 aliphatic rings. The number of hydrogen-bond acceptors (Lipinski definition) is 2. The summed E-state index contributed by atoms with van der Waals surface area (Å²) in [4.78, 5) is 12.8. The van der Waals surface area contributed by atoms with Crippen LogP contribution in [0.4, 0.5) is 20.6 Å². The summed E-state index contributed by atoms with van der Waals surface area (Å²) in [5.41, 5.74) is 1.11. The molecule has 98 valence electrons. The van der Waals surface area contributed by atoms with Crippen LogP contribution in [0.5, 0.6) is 0 Å². The van der Waals surface area contributed by atoms with Gasteiger partial charge in [0.1, 0.15) is 5.82 Å². The lowest BCUT2D eigenvalue weighted by molar-refractivity contribution is 0.262. The van der Waals surface area contributed by atoms with E-state index in [-0.39, 0.29) is 5.82 Å². The van der Waals surface area contributed by atoms with Gasteiger partial charge in [-0.15, -0.1) is 11.8 Å². The van der Waals surface area contributed by atoms with Crippen LogP contribution in [0.3, 0.4) is 0 Å². The predicted octanol–water partition coefficient (Wildman–Crippen LogP) is 4.19. The van der Waals surface area contributed by atoms with Crippen molar-refractivity contribution in [3.63, 3.8) is 0 Å². The Labute approximate surface area is 115 Å². The van der Waals surface area contributed by atoms with E-state index in [1.807, 2.05) is 24.5 Å². The van der Waals surface area contributed by atoms with Gasteiger partial charge in [-0.3, -0.25) is 0 Å². The standard InChI is InChI=1S/C14H13FN2OS/c1-19-13-7-3-6-12(9-13)17-14(18)16-11-5-2-4-10(15)8-11/h2-9H,1H3,(H2,16,17,18). The maximum absolute atomic E-state index is 13.0. The van der Waals surface area contributed by atoms with Crippen molar-refractivity contribution < 1.29 is 9.18 Å². The third kappa shape index (κ3) is 3.99. The number of thioether (sulfide) groups is 1. The van der Waals surface area contributed by atoms with E-state index in [0.29, 0.717) is 11.4 Å². The van der Waals surface area contributed by atoms with Crippen molar-refractivity contribution in [2.75, 3.05) is 16.9 Å². The van der Waals surface area contributed by atoms with Gasteiger partial charge >= 0.3 is 6.03 Å². The highest BCUT2D eigenvalue weighted by molar-refractivity contribution is 7.98. The second kappa shape index (κ2) is 6.24. The lowest BCUT2D eigenvalue weighted by Gasteiger charge is -2.08. The Morgan fingerprint density at radius 1 is 1.05 bits per heavy atom. The number of benzene rings is 2. The Morgan fingerprint density at radius 2 is 1.68 bits per heavy atom. The molecule has 0 saturated heterocycles. The summed E-state index contributed by atoms with van der Waals surface area (Å²) in [5.74, 6) is -0.387. The highest BCUT2D eigenvalue weighted by Gasteiger charge is 2.03. The molecule has 0 unspecified atom stereocenters. The van der Waals surface area contributed by atoms with E-state index in [9.17, 15) is 9.18 Å². The first-order valence-corrected chi connectivity index (χ1v) is 6.87. The van der Waals surface area contributed by atoms with Gasteiger partial charge in [-0.2, -0.15) is 0 Å². The molecule has 0 spiro atoms. The number of urea groups is 1. The third-order valence-electron chi connectivity index (χ3n) is 2.41. The number of hydrogen-bond donors (Lipinski definition) is 2. The van der Waals surface area contributed by atoms with E-state index >= 15 is 0 Å². The Balaban J connectivity index is 2.01. The van der Waals surface area contributed by atoms with Gasteiger partial charge in [0, 0.05) is 16.3 Å². The molecule has 0 fully saturated rings. The van der Waals surface area contributed by atoms with E-state index in [1.165, 1.54) is 12.1 Å². The third-order valence-corrected chi connectivity index (χ3v) is 3.14. The topological polar surface area (TPSA) is 41.1 Å². The molecule has 2 aromatic rings. The minimum absolute atomic E-state index is 0.387. The number of amides is 2. The Morgan fingerprint density at radius 3 is 2.32 bits per heavy atom. The summed E-state index contributed by atoms with van der Waals surface area (Å²) in [7, 11) is 0. The zero-order valence-corrected chi connectivity index (χ0v) is 11.1. The predicted molar refractivity (Wildman–Crippen MR) is 77.3 cm³/mol. The first-order chi connectivity index (χ1) is 9.17. The first-order valence-electron chi connectivity index (χ1n) is 5.65. The van der Waals surface area contributed by atoms with Gasteiger partial charge in [-0.1, -0.05) is 12.1 Å². The normalized spacial score (nSPS) is 10.0. The first kappa shape index (κ1) is 13.4.